The fraction of sp³-hybridized carbons (Fsp3) is 0. The van der Waals surface area contributed by atoms with E-state index in [4.69, 9.17) is 28.3 Å². The van der Waals surface area contributed by atoms with E-state index in [2.05, 4.69) is 10.2 Å². The van der Waals surface area contributed by atoms with Crippen molar-refractivity contribution in [3.63, 3.8) is 0 Å². The first kappa shape index (κ1) is 11.0. The fourth-order valence-electron chi connectivity index (χ4n) is 1.36. The summed E-state index contributed by atoms with van der Waals surface area (Å²) in [5.41, 5.74) is 0.964. The van der Waals surface area contributed by atoms with Crippen LogP contribution < -0.4 is 0 Å². The minimum atomic E-state index is -1.06. The van der Waals surface area contributed by atoms with Crippen LogP contribution in [0, 0.1) is 0 Å². The second kappa shape index (κ2) is 4.15. The van der Waals surface area contributed by atoms with Gasteiger partial charge in [0, 0.05) is 21.8 Å². The van der Waals surface area contributed by atoms with Gasteiger partial charge in [-0.1, -0.05) is 23.2 Å². The molecule has 4 nitrogen and oxygen atoms in total. The summed E-state index contributed by atoms with van der Waals surface area (Å²) >= 11 is 11.7. The van der Waals surface area contributed by atoms with Gasteiger partial charge < -0.3 is 5.11 Å². The lowest BCUT2D eigenvalue weighted by Gasteiger charge is -2.01. The average Bonchev–Trinajstić information content (AvgIpc) is 2.63. The van der Waals surface area contributed by atoms with Gasteiger partial charge in [0.1, 0.15) is 11.3 Å². The van der Waals surface area contributed by atoms with E-state index in [9.17, 15) is 4.79 Å². The number of carboxylic acids is 1. The molecule has 0 amide bonds. The zero-order valence-electron chi connectivity index (χ0n) is 7.87. The Kier molecular flexibility index (Phi) is 2.85. The summed E-state index contributed by atoms with van der Waals surface area (Å²) in [6.45, 7) is 0. The molecule has 0 saturated carbocycles. The van der Waals surface area contributed by atoms with Crippen molar-refractivity contribution in [3.05, 3.63) is 40.0 Å². The summed E-state index contributed by atoms with van der Waals surface area (Å²) in [7, 11) is 0. The van der Waals surface area contributed by atoms with Gasteiger partial charge in [-0.25, -0.2) is 4.79 Å². The molecule has 0 radical (unpaired) electrons. The number of rotatable bonds is 2. The van der Waals surface area contributed by atoms with Crippen LogP contribution in [0.5, 0.6) is 0 Å². The molecule has 0 saturated heterocycles. The number of H-pyrrole nitrogens is 1. The molecule has 1 heterocycles. The van der Waals surface area contributed by atoms with E-state index in [1.54, 1.807) is 18.2 Å². The maximum Gasteiger partial charge on any atom is 0.339 e. The topological polar surface area (TPSA) is 66.0 Å². The number of hydrogen-bond acceptors (Lipinski definition) is 2. The molecule has 2 aromatic rings. The third-order valence-electron chi connectivity index (χ3n) is 2.01. The maximum absolute atomic E-state index is 10.9. The molecule has 0 bridgehead atoms. The number of benzene rings is 1. The Labute approximate surface area is 101 Å². The number of nitrogens with zero attached hydrogens (tertiary/aromatic N) is 1. The van der Waals surface area contributed by atoms with Gasteiger partial charge >= 0.3 is 5.97 Å². The molecule has 0 aliphatic heterocycles. The van der Waals surface area contributed by atoms with Gasteiger partial charge in [-0.3, -0.25) is 5.10 Å². The summed E-state index contributed by atoms with van der Waals surface area (Å²) < 4.78 is 0. The third-order valence-corrected chi connectivity index (χ3v) is 2.44. The van der Waals surface area contributed by atoms with Crippen LogP contribution in [0.25, 0.3) is 11.3 Å². The Hall–Kier alpha value is -1.52. The number of hydrogen-bond donors (Lipinski definition) is 2. The van der Waals surface area contributed by atoms with Crippen LogP contribution in [-0.4, -0.2) is 21.3 Å². The quantitative estimate of drug-likeness (QED) is 0.868. The van der Waals surface area contributed by atoms with Crippen LogP contribution in [0.15, 0.2) is 24.4 Å². The van der Waals surface area contributed by atoms with Gasteiger partial charge in [0.15, 0.2) is 0 Å². The maximum atomic E-state index is 10.9. The lowest BCUT2D eigenvalue weighted by Crippen LogP contribution is -1.96. The highest BCUT2D eigenvalue weighted by Gasteiger charge is 2.15. The molecule has 82 valence electrons. The molecular formula is C10H6Cl2N2O2. The molecular weight excluding hydrogens is 251 g/mol. The zero-order chi connectivity index (χ0) is 11.7. The molecule has 0 spiro atoms. The highest BCUT2D eigenvalue weighted by molar-refractivity contribution is 6.35. The predicted molar refractivity (Wildman–Crippen MR) is 61.0 cm³/mol. The van der Waals surface area contributed by atoms with E-state index in [0.717, 1.165) is 0 Å². The van der Waals surface area contributed by atoms with Gasteiger partial charge in [-0.05, 0) is 18.2 Å². The van der Waals surface area contributed by atoms with E-state index in [0.29, 0.717) is 21.3 Å². The second-order valence-corrected chi connectivity index (χ2v) is 3.98. The van der Waals surface area contributed by atoms with Gasteiger partial charge in [0.2, 0.25) is 0 Å². The zero-order valence-corrected chi connectivity index (χ0v) is 9.38. The number of aromatic nitrogens is 2. The number of halogens is 2. The largest absolute Gasteiger partial charge is 0.478 e. The molecule has 0 unspecified atom stereocenters. The number of carboxylic acid groups (broad SMARTS) is 1. The third kappa shape index (κ3) is 2.03. The standard InChI is InChI=1S/C10H6Cl2N2O2/c11-6-1-5(2-7(12)3-6)9-8(10(15)16)4-13-14-9/h1-4H,(H,13,14)(H,15,16). The van der Waals surface area contributed by atoms with E-state index in [1.165, 1.54) is 6.20 Å². The average molecular weight is 257 g/mol. The Morgan fingerprint density at radius 3 is 2.44 bits per heavy atom. The van der Waals surface area contributed by atoms with Crippen LogP contribution in [0.4, 0.5) is 0 Å². The van der Waals surface area contributed by atoms with Crippen molar-refractivity contribution in [3.8, 4) is 11.3 Å². The molecule has 0 fully saturated rings. The molecule has 0 aliphatic rings. The van der Waals surface area contributed by atoms with Crippen LogP contribution in [0.3, 0.4) is 0 Å². The molecule has 2 rings (SSSR count). The van der Waals surface area contributed by atoms with Crippen molar-refractivity contribution in [2.75, 3.05) is 0 Å². The molecule has 1 aromatic heterocycles. The second-order valence-electron chi connectivity index (χ2n) is 3.11. The van der Waals surface area contributed by atoms with Gasteiger partial charge in [-0.2, -0.15) is 5.10 Å². The lowest BCUT2D eigenvalue weighted by atomic mass is 10.1. The molecule has 0 atom stereocenters. The Balaban J connectivity index is 2.58. The Morgan fingerprint density at radius 2 is 1.88 bits per heavy atom. The normalized spacial score (nSPS) is 10.4. The molecule has 16 heavy (non-hydrogen) atoms. The van der Waals surface area contributed by atoms with Crippen molar-refractivity contribution >= 4 is 29.2 Å². The summed E-state index contributed by atoms with van der Waals surface area (Å²) in [4.78, 5) is 10.9. The molecule has 0 aliphatic carbocycles. The molecule has 2 N–H and O–H groups in total. The first-order valence-corrected chi connectivity index (χ1v) is 5.07. The first-order chi connectivity index (χ1) is 7.58. The highest BCUT2D eigenvalue weighted by Crippen LogP contribution is 2.27. The summed E-state index contributed by atoms with van der Waals surface area (Å²) in [6.07, 6.45) is 1.31. The van der Waals surface area contributed by atoms with Crippen LogP contribution in [0.2, 0.25) is 10.0 Å². The summed E-state index contributed by atoms with van der Waals surface area (Å²) in [6, 6.07) is 4.78. The first-order valence-electron chi connectivity index (χ1n) is 4.31. The number of carbonyl (C=O) groups is 1. The van der Waals surface area contributed by atoms with Gasteiger partial charge in [0.05, 0.1) is 0 Å². The Bertz CT molecular complexity index is 531. The molecule has 1 aromatic carbocycles. The van der Waals surface area contributed by atoms with Crippen LogP contribution in [-0.2, 0) is 0 Å². The number of nitrogens with one attached hydrogen (secondary N) is 1. The minimum Gasteiger partial charge on any atom is -0.478 e. The highest BCUT2D eigenvalue weighted by atomic mass is 35.5. The SMILES string of the molecule is O=C(O)c1c[nH]nc1-c1cc(Cl)cc(Cl)c1. The number of aromatic carboxylic acids is 1. The summed E-state index contributed by atoms with van der Waals surface area (Å²) in [5.74, 6) is -1.06. The lowest BCUT2D eigenvalue weighted by molar-refractivity contribution is 0.0698. The van der Waals surface area contributed by atoms with Gasteiger partial charge in [0.25, 0.3) is 0 Å². The number of aromatic amines is 1. The smallest absolute Gasteiger partial charge is 0.339 e. The molecule has 6 heteroatoms. The van der Waals surface area contributed by atoms with E-state index in [-0.39, 0.29) is 5.56 Å². The van der Waals surface area contributed by atoms with Crippen molar-refractivity contribution in [2.45, 2.75) is 0 Å². The summed E-state index contributed by atoms with van der Waals surface area (Å²) in [5, 5.41) is 16.2. The van der Waals surface area contributed by atoms with Crippen LogP contribution >= 0.6 is 23.2 Å². The minimum absolute atomic E-state index is 0.0818. The monoisotopic (exact) mass is 256 g/mol. The van der Waals surface area contributed by atoms with Crippen molar-refractivity contribution in [1.29, 1.82) is 0 Å². The van der Waals surface area contributed by atoms with Crippen molar-refractivity contribution < 1.29 is 9.90 Å². The van der Waals surface area contributed by atoms with E-state index < -0.39 is 5.97 Å². The van der Waals surface area contributed by atoms with E-state index in [1.807, 2.05) is 0 Å². The van der Waals surface area contributed by atoms with Crippen molar-refractivity contribution in [2.24, 2.45) is 0 Å². The van der Waals surface area contributed by atoms with Crippen LogP contribution in [0.1, 0.15) is 10.4 Å². The predicted octanol–water partition coefficient (Wildman–Crippen LogP) is 3.08. The van der Waals surface area contributed by atoms with E-state index >= 15 is 0 Å². The van der Waals surface area contributed by atoms with Gasteiger partial charge in [-0.15, -0.1) is 0 Å². The fourth-order valence-corrected chi connectivity index (χ4v) is 1.89. The van der Waals surface area contributed by atoms with Crippen molar-refractivity contribution in [1.82, 2.24) is 10.2 Å². The Morgan fingerprint density at radius 1 is 1.25 bits per heavy atom.